The third kappa shape index (κ3) is 3.03. The minimum atomic E-state index is 0.481. The summed E-state index contributed by atoms with van der Waals surface area (Å²) in [5.41, 5.74) is 13.6. The molecule has 0 unspecified atom stereocenters. The van der Waals surface area contributed by atoms with Gasteiger partial charge in [-0.05, 0) is 34.4 Å². The van der Waals surface area contributed by atoms with Crippen molar-refractivity contribution in [3.63, 3.8) is 0 Å². The van der Waals surface area contributed by atoms with Crippen LogP contribution in [0, 0.1) is 0 Å². The maximum atomic E-state index is 5.74. The van der Waals surface area contributed by atoms with Crippen LogP contribution in [0.25, 0.3) is 39.2 Å². The Morgan fingerprint density at radius 1 is 0.731 bits per heavy atom. The zero-order valence-corrected chi connectivity index (χ0v) is 14.3. The first-order valence-corrected chi connectivity index (χ1v) is 8.48. The first-order valence-electron chi connectivity index (χ1n) is 8.48. The zero-order valence-electron chi connectivity index (χ0n) is 14.3. The van der Waals surface area contributed by atoms with Crippen molar-refractivity contribution in [3.8, 4) is 33.5 Å². The van der Waals surface area contributed by atoms with Crippen molar-refractivity contribution in [1.82, 2.24) is 10.2 Å². The monoisotopic (exact) mass is 337 g/mol. The lowest BCUT2D eigenvalue weighted by Crippen LogP contribution is -1.93. The van der Waals surface area contributed by atoms with Gasteiger partial charge in [0.2, 0.25) is 0 Å². The molecule has 0 aliphatic carbocycles. The molecular weight excluding hydrogens is 318 g/mol. The highest BCUT2D eigenvalue weighted by Gasteiger charge is 2.09. The number of hydrogen-bond donors (Lipinski definition) is 2. The summed E-state index contributed by atoms with van der Waals surface area (Å²) in [4.78, 5) is 0. The molecule has 3 N–H and O–H groups in total. The van der Waals surface area contributed by atoms with Gasteiger partial charge in [0.15, 0.2) is 0 Å². The Balaban J connectivity index is 1.79. The van der Waals surface area contributed by atoms with Crippen molar-refractivity contribution in [3.05, 3.63) is 97.2 Å². The zero-order chi connectivity index (χ0) is 17.9. The van der Waals surface area contributed by atoms with E-state index in [9.17, 15) is 0 Å². The van der Waals surface area contributed by atoms with Crippen LogP contribution in [0.15, 0.2) is 91.5 Å². The van der Waals surface area contributed by atoms with E-state index < -0.39 is 0 Å². The maximum absolute atomic E-state index is 5.74. The fourth-order valence-electron chi connectivity index (χ4n) is 3.08. The van der Waals surface area contributed by atoms with Gasteiger partial charge in [-0.2, -0.15) is 5.10 Å². The van der Waals surface area contributed by atoms with E-state index in [1.54, 1.807) is 0 Å². The molecule has 4 rings (SSSR count). The van der Waals surface area contributed by atoms with Crippen molar-refractivity contribution < 1.29 is 0 Å². The van der Waals surface area contributed by atoms with E-state index >= 15 is 0 Å². The van der Waals surface area contributed by atoms with Crippen LogP contribution < -0.4 is 5.73 Å². The average Bonchev–Trinajstić information content (AvgIpc) is 3.19. The molecule has 26 heavy (non-hydrogen) atoms. The number of rotatable bonds is 4. The van der Waals surface area contributed by atoms with Crippen molar-refractivity contribution in [2.45, 2.75) is 0 Å². The van der Waals surface area contributed by atoms with Crippen LogP contribution in [0.1, 0.15) is 5.69 Å². The molecule has 0 fully saturated rings. The Kier molecular flexibility index (Phi) is 4.12. The molecule has 3 aromatic carbocycles. The molecule has 1 aromatic heterocycles. The predicted molar refractivity (Wildman–Crippen MR) is 108 cm³/mol. The van der Waals surface area contributed by atoms with Crippen molar-refractivity contribution >= 4 is 5.70 Å². The minimum Gasteiger partial charge on any atom is -0.397 e. The molecule has 3 heteroatoms. The van der Waals surface area contributed by atoms with Gasteiger partial charge in [0.05, 0.1) is 11.4 Å². The number of aromatic nitrogens is 2. The van der Waals surface area contributed by atoms with E-state index in [4.69, 9.17) is 5.73 Å². The van der Waals surface area contributed by atoms with Crippen LogP contribution >= 0.6 is 0 Å². The summed E-state index contributed by atoms with van der Waals surface area (Å²) in [6.45, 7) is 3.75. The average molecular weight is 337 g/mol. The van der Waals surface area contributed by atoms with Gasteiger partial charge in [-0.3, -0.25) is 5.10 Å². The third-order valence-electron chi connectivity index (χ3n) is 4.41. The van der Waals surface area contributed by atoms with E-state index in [1.807, 2.05) is 18.2 Å². The summed E-state index contributed by atoms with van der Waals surface area (Å²) < 4.78 is 0. The SMILES string of the molecule is C=C(N)c1cc(-c2cccc(-c3ccccc3-c3ccccc3)c2)n[nH]1. The lowest BCUT2D eigenvalue weighted by atomic mass is 9.93. The predicted octanol–water partition coefficient (Wildman–Crippen LogP) is 5.34. The normalized spacial score (nSPS) is 10.6. The molecule has 0 saturated heterocycles. The first-order chi connectivity index (χ1) is 12.7. The number of hydrogen-bond acceptors (Lipinski definition) is 2. The first kappa shape index (κ1) is 15.9. The number of aromatic amines is 1. The molecule has 0 saturated carbocycles. The molecule has 4 aromatic rings. The van der Waals surface area contributed by atoms with Gasteiger partial charge in [-0.25, -0.2) is 0 Å². The fraction of sp³-hybridized carbons (Fsp3) is 0. The topological polar surface area (TPSA) is 54.7 Å². The molecule has 0 amide bonds. The summed E-state index contributed by atoms with van der Waals surface area (Å²) in [6.07, 6.45) is 0. The highest BCUT2D eigenvalue weighted by molar-refractivity contribution is 5.85. The Morgan fingerprint density at radius 2 is 1.35 bits per heavy atom. The Morgan fingerprint density at radius 3 is 2.04 bits per heavy atom. The molecule has 3 nitrogen and oxygen atoms in total. The second-order valence-electron chi connectivity index (χ2n) is 6.18. The Labute approximate surface area is 152 Å². The summed E-state index contributed by atoms with van der Waals surface area (Å²) in [5.74, 6) is 0. The van der Waals surface area contributed by atoms with Crippen LogP contribution in [0.3, 0.4) is 0 Å². The van der Waals surface area contributed by atoms with Crippen LogP contribution in [0.5, 0.6) is 0 Å². The number of nitrogens with two attached hydrogens (primary N) is 1. The minimum absolute atomic E-state index is 0.481. The number of benzene rings is 3. The summed E-state index contributed by atoms with van der Waals surface area (Å²) in [7, 11) is 0. The van der Waals surface area contributed by atoms with Crippen molar-refractivity contribution in [2.75, 3.05) is 0 Å². The van der Waals surface area contributed by atoms with Gasteiger partial charge in [0.1, 0.15) is 0 Å². The highest BCUT2D eigenvalue weighted by Crippen LogP contribution is 2.33. The largest absolute Gasteiger partial charge is 0.397 e. The van der Waals surface area contributed by atoms with Gasteiger partial charge in [0.25, 0.3) is 0 Å². The lowest BCUT2D eigenvalue weighted by Gasteiger charge is -2.11. The second kappa shape index (κ2) is 6.73. The smallest absolute Gasteiger partial charge is 0.0928 e. The van der Waals surface area contributed by atoms with Gasteiger partial charge in [-0.1, -0.05) is 79.4 Å². The molecule has 0 radical (unpaired) electrons. The lowest BCUT2D eigenvalue weighted by molar-refractivity contribution is 1.07. The third-order valence-corrected chi connectivity index (χ3v) is 4.41. The summed E-state index contributed by atoms with van der Waals surface area (Å²) in [6, 6.07) is 29.2. The van der Waals surface area contributed by atoms with Crippen LogP contribution in [0.2, 0.25) is 0 Å². The number of nitrogens with one attached hydrogen (secondary N) is 1. The fourth-order valence-corrected chi connectivity index (χ4v) is 3.08. The van der Waals surface area contributed by atoms with E-state index in [2.05, 4.69) is 83.5 Å². The standard InChI is InChI=1S/C23H19N3/c1-16(24)22-15-23(26-25-22)19-11-7-10-18(14-19)21-13-6-5-12-20(21)17-8-3-2-4-9-17/h2-15H,1,24H2,(H,25,26). The van der Waals surface area contributed by atoms with Gasteiger partial charge >= 0.3 is 0 Å². The molecule has 0 aliphatic heterocycles. The number of nitrogens with zero attached hydrogens (tertiary/aromatic N) is 1. The van der Waals surface area contributed by atoms with Gasteiger partial charge < -0.3 is 5.73 Å². The van der Waals surface area contributed by atoms with E-state index in [1.165, 1.54) is 16.7 Å². The molecule has 126 valence electrons. The maximum Gasteiger partial charge on any atom is 0.0928 e. The van der Waals surface area contributed by atoms with E-state index in [-0.39, 0.29) is 0 Å². The van der Waals surface area contributed by atoms with Gasteiger partial charge in [0, 0.05) is 11.3 Å². The molecule has 0 aliphatic rings. The highest BCUT2D eigenvalue weighted by atomic mass is 15.1. The molecule has 0 bridgehead atoms. The molecular formula is C23H19N3. The van der Waals surface area contributed by atoms with E-state index in [0.29, 0.717) is 5.70 Å². The van der Waals surface area contributed by atoms with E-state index in [0.717, 1.165) is 22.5 Å². The molecule has 1 heterocycles. The molecule has 0 spiro atoms. The van der Waals surface area contributed by atoms with Crippen molar-refractivity contribution in [2.24, 2.45) is 5.73 Å². The summed E-state index contributed by atoms with van der Waals surface area (Å²) >= 11 is 0. The van der Waals surface area contributed by atoms with Gasteiger partial charge in [-0.15, -0.1) is 0 Å². The Bertz CT molecular complexity index is 1060. The second-order valence-corrected chi connectivity index (χ2v) is 6.18. The van der Waals surface area contributed by atoms with Crippen LogP contribution in [-0.2, 0) is 0 Å². The van der Waals surface area contributed by atoms with Crippen LogP contribution in [0.4, 0.5) is 0 Å². The Hall–Kier alpha value is -3.59. The van der Waals surface area contributed by atoms with Crippen LogP contribution in [-0.4, -0.2) is 10.2 Å². The quantitative estimate of drug-likeness (QED) is 0.528. The molecule has 0 atom stereocenters. The number of H-pyrrole nitrogens is 1. The summed E-state index contributed by atoms with van der Waals surface area (Å²) in [5, 5.41) is 7.28. The van der Waals surface area contributed by atoms with Crippen molar-refractivity contribution in [1.29, 1.82) is 0 Å².